The molecule has 2 N–H and O–H groups in total. The van der Waals surface area contributed by atoms with Crippen LogP contribution in [0.3, 0.4) is 0 Å². The summed E-state index contributed by atoms with van der Waals surface area (Å²) >= 11 is 5.68. The molecule has 0 saturated heterocycles. The number of hydrogen-bond donors (Lipinski definition) is 2. The largest absolute Gasteiger partial charge is 0.372 e. The molecular formula is C19H22F2N4S2. The highest BCUT2D eigenvalue weighted by atomic mass is 32.2. The van der Waals surface area contributed by atoms with Crippen molar-refractivity contribution >= 4 is 46.7 Å². The average Bonchev–Trinajstić information content (AvgIpc) is 2.65. The van der Waals surface area contributed by atoms with Crippen LogP contribution in [0.15, 0.2) is 58.5 Å². The molecular weight excluding hydrogens is 386 g/mol. The predicted molar refractivity (Wildman–Crippen MR) is 115 cm³/mol. The zero-order valence-electron chi connectivity index (χ0n) is 15.2. The molecule has 2 aromatic rings. The standard InChI is InChI=1S/C19H22F2N4S2/c1-3-25(4-2)16-9-5-14(6-10-16)13-22-24-19(26)23-15-7-11-17(12-8-15)27-18(20)21/h5-13,18H,3-4H2,1-2H3,(H2,23,24,26)/b22-13-. The summed E-state index contributed by atoms with van der Waals surface area (Å²) in [4.78, 5) is 2.77. The van der Waals surface area contributed by atoms with E-state index in [1.807, 2.05) is 12.1 Å². The minimum Gasteiger partial charge on any atom is -0.372 e. The molecule has 8 heteroatoms. The van der Waals surface area contributed by atoms with E-state index >= 15 is 0 Å². The lowest BCUT2D eigenvalue weighted by molar-refractivity contribution is 0.252. The SMILES string of the molecule is CCN(CC)c1ccc(/C=N\NC(=S)Nc2ccc(SC(F)F)cc2)cc1. The van der Waals surface area contributed by atoms with Crippen LogP contribution in [0.5, 0.6) is 0 Å². The Morgan fingerprint density at radius 3 is 2.30 bits per heavy atom. The van der Waals surface area contributed by atoms with E-state index in [4.69, 9.17) is 12.2 Å². The quantitative estimate of drug-likeness (QED) is 0.273. The number of nitrogens with one attached hydrogen (secondary N) is 2. The molecule has 0 spiro atoms. The van der Waals surface area contributed by atoms with E-state index < -0.39 is 5.76 Å². The van der Waals surface area contributed by atoms with Crippen LogP contribution in [-0.4, -0.2) is 30.2 Å². The summed E-state index contributed by atoms with van der Waals surface area (Å²) in [5.74, 6) is -2.43. The van der Waals surface area contributed by atoms with Gasteiger partial charge in [-0.25, -0.2) is 0 Å². The Hall–Kier alpha value is -2.19. The molecule has 4 nitrogen and oxygen atoms in total. The lowest BCUT2D eigenvalue weighted by Gasteiger charge is -2.20. The lowest BCUT2D eigenvalue weighted by Crippen LogP contribution is -2.23. The minimum absolute atomic E-state index is 0.320. The molecule has 0 saturated carbocycles. The van der Waals surface area contributed by atoms with Gasteiger partial charge in [-0.05, 0) is 68.0 Å². The van der Waals surface area contributed by atoms with Crippen molar-refractivity contribution in [2.24, 2.45) is 5.10 Å². The number of nitrogens with zero attached hydrogens (tertiary/aromatic N) is 2. The third-order valence-electron chi connectivity index (χ3n) is 3.74. The molecule has 0 heterocycles. The Kier molecular flexibility index (Phi) is 8.47. The number of halogens is 2. The minimum atomic E-state index is -2.43. The van der Waals surface area contributed by atoms with Gasteiger partial charge < -0.3 is 10.2 Å². The number of benzene rings is 2. The smallest absolute Gasteiger partial charge is 0.288 e. The highest BCUT2D eigenvalue weighted by Gasteiger charge is 2.05. The monoisotopic (exact) mass is 408 g/mol. The number of rotatable bonds is 8. The predicted octanol–water partition coefficient (Wildman–Crippen LogP) is 5.17. The first kappa shape index (κ1) is 21.1. The van der Waals surface area contributed by atoms with Crippen LogP contribution in [0.25, 0.3) is 0 Å². The molecule has 0 aliphatic heterocycles. The first-order valence-electron chi connectivity index (χ1n) is 8.51. The maximum Gasteiger partial charge on any atom is 0.288 e. The van der Waals surface area contributed by atoms with Gasteiger partial charge in [-0.1, -0.05) is 23.9 Å². The molecule has 2 aromatic carbocycles. The molecule has 144 valence electrons. The molecule has 0 aliphatic carbocycles. The molecule has 0 amide bonds. The van der Waals surface area contributed by atoms with Gasteiger partial charge in [0, 0.05) is 29.4 Å². The molecule has 0 aromatic heterocycles. The van der Waals surface area contributed by atoms with E-state index in [2.05, 4.69) is 46.7 Å². The van der Waals surface area contributed by atoms with Crippen LogP contribution in [0.4, 0.5) is 20.2 Å². The second-order valence-corrected chi connectivity index (χ2v) is 6.96. The number of alkyl halides is 2. The Balaban J connectivity index is 1.84. The van der Waals surface area contributed by atoms with Gasteiger partial charge in [-0.15, -0.1) is 0 Å². The Morgan fingerprint density at radius 1 is 1.11 bits per heavy atom. The molecule has 0 fully saturated rings. The summed E-state index contributed by atoms with van der Waals surface area (Å²) in [6.45, 7) is 6.18. The fraction of sp³-hybridized carbons (Fsp3) is 0.263. The third-order valence-corrected chi connectivity index (χ3v) is 4.65. The van der Waals surface area contributed by atoms with Crippen molar-refractivity contribution in [1.29, 1.82) is 0 Å². The highest BCUT2D eigenvalue weighted by molar-refractivity contribution is 7.99. The van der Waals surface area contributed by atoms with E-state index in [-0.39, 0.29) is 0 Å². The maximum absolute atomic E-state index is 12.3. The van der Waals surface area contributed by atoms with Gasteiger partial charge in [0.05, 0.1) is 6.21 Å². The van der Waals surface area contributed by atoms with Crippen LogP contribution in [0, 0.1) is 0 Å². The van der Waals surface area contributed by atoms with Crippen molar-refractivity contribution in [2.75, 3.05) is 23.3 Å². The second-order valence-electron chi connectivity index (χ2n) is 5.49. The normalized spacial score (nSPS) is 11.0. The molecule has 2 rings (SSSR count). The lowest BCUT2D eigenvalue weighted by atomic mass is 10.2. The summed E-state index contributed by atoms with van der Waals surface area (Å²) in [5.41, 5.74) is 5.57. The Labute approximate surface area is 168 Å². The fourth-order valence-electron chi connectivity index (χ4n) is 2.40. The first-order valence-corrected chi connectivity index (χ1v) is 9.80. The van der Waals surface area contributed by atoms with E-state index in [1.165, 1.54) is 5.69 Å². The Morgan fingerprint density at radius 2 is 1.74 bits per heavy atom. The second kappa shape index (κ2) is 10.8. The van der Waals surface area contributed by atoms with Gasteiger partial charge in [0.1, 0.15) is 0 Å². The number of hydrazone groups is 1. The number of thiocarbonyl (C=S) groups is 1. The van der Waals surface area contributed by atoms with Gasteiger partial charge in [0.15, 0.2) is 5.11 Å². The Bertz CT molecular complexity index is 745. The van der Waals surface area contributed by atoms with Crippen molar-refractivity contribution in [2.45, 2.75) is 24.5 Å². The maximum atomic E-state index is 12.3. The molecule has 27 heavy (non-hydrogen) atoms. The average molecular weight is 409 g/mol. The topological polar surface area (TPSA) is 39.7 Å². The summed E-state index contributed by atoms with van der Waals surface area (Å²) in [6, 6.07) is 14.7. The molecule has 0 radical (unpaired) electrons. The molecule has 0 atom stereocenters. The van der Waals surface area contributed by atoms with Gasteiger partial charge in [0.2, 0.25) is 0 Å². The van der Waals surface area contributed by atoms with Crippen LogP contribution in [0.1, 0.15) is 19.4 Å². The van der Waals surface area contributed by atoms with E-state index in [9.17, 15) is 8.78 Å². The van der Waals surface area contributed by atoms with E-state index in [0.717, 1.165) is 18.7 Å². The summed E-state index contributed by atoms with van der Waals surface area (Å²) in [5, 5.41) is 7.38. The summed E-state index contributed by atoms with van der Waals surface area (Å²) in [6.07, 6.45) is 1.68. The van der Waals surface area contributed by atoms with Crippen molar-refractivity contribution < 1.29 is 8.78 Å². The summed E-state index contributed by atoms with van der Waals surface area (Å²) < 4.78 is 24.6. The number of hydrogen-bond acceptors (Lipinski definition) is 4. The zero-order chi connectivity index (χ0) is 19.6. The van der Waals surface area contributed by atoms with Gasteiger partial charge in [-0.3, -0.25) is 5.43 Å². The molecule has 0 bridgehead atoms. The molecule has 0 unspecified atom stereocenters. The van der Waals surface area contributed by atoms with E-state index in [0.29, 0.717) is 27.5 Å². The van der Waals surface area contributed by atoms with Gasteiger partial charge in [0.25, 0.3) is 5.76 Å². The van der Waals surface area contributed by atoms with Crippen LogP contribution >= 0.6 is 24.0 Å². The third kappa shape index (κ3) is 7.15. The van der Waals surface area contributed by atoms with E-state index in [1.54, 1.807) is 30.5 Å². The van der Waals surface area contributed by atoms with Crippen molar-refractivity contribution in [3.8, 4) is 0 Å². The van der Waals surface area contributed by atoms with Crippen molar-refractivity contribution in [1.82, 2.24) is 5.43 Å². The summed E-state index contributed by atoms with van der Waals surface area (Å²) in [7, 11) is 0. The van der Waals surface area contributed by atoms with Crippen LogP contribution < -0.4 is 15.6 Å². The first-order chi connectivity index (χ1) is 13.0. The zero-order valence-corrected chi connectivity index (χ0v) is 16.8. The molecule has 0 aliphatic rings. The van der Waals surface area contributed by atoms with Crippen LogP contribution in [-0.2, 0) is 0 Å². The number of anilines is 2. The van der Waals surface area contributed by atoms with Gasteiger partial charge >= 0.3 is 0 Å². The van der Waals surface area contributed by atoms with Crippen molar-refractivity contribution in [3.63, 3.8) is 0 Å². The van der Waals surface area contributed by atoms with Crippen LogP contribution in [0.2, 0.25) is 0 Å². The highest BCUT2D eigenvalue weighted by Crippen LogP contribution is 2.26. The van der Waals surface area contributed by atoms with Crippen molar-refractivity contribution in [3.05, 3.63) is 54.1 Å². The number of thioether (sulfide) groups is 1. The fourth-order valence-corrected chi connectivity index (χ4v) is 3.07. The van der Waals surface area contributed by atoms with Gasteiger partial charge in [-0.2, -0.15) is 13.9 Å².